The van der Waals surface area contributed by atoms with Crippen molar-refractivity contribution in [3.63, 3.8) is 0 Å². The highest BCUT2D eigenvalue weighted by Crippen LogP contribution is 2.11. The standard InChI is InChI=1S/C11H16INO2S/c1-2-3-10-4-6-11(7-5-10)16(14,15)13-9-8-12/h4-7,13H,2-3,8-9H2,1H3. The van der Waals surface area contributed by atoms with Gasteiger partial charge in [0.15, 0.2) is 0 Å². The van der Waals surface area contributed by atoms with Crippen LogP contribution in [0, 0.1) is 0 Å². The average Bonchev–Trinajstić information content (AvgIpc) is 2.28. The minimum Gasteiger partial charge on any atom is -0.210 e. The first-order valence-corrected chi connectivity index (χ1v) is 8.25. The molecule has 0 fully saturated rings. The Labute approximate surface area is 111 Å². The van der Waals surface area contributed by atoms with Gasteiger partial charge in [0.2, 0.25) is 10.0 Å². The summed E-state index contributed by atoms with van der Waals surface area (Å²) < 4.78 is 26.8. The minimum atomic E-state index is -3.31. The van der Waals surface area contributed by atoms with Crippen LogP contribution in [0.3, 0.4) is 0 Å². The summed E-state index contributed by atoms with van der Waals surface area (Å²) in [5, 5.41) is 0. The highest BCUT2D eigenvalue weighted by atomic mass is 127. The summed E-state index contributed by atoms with van der Waals surface area (Å²) in [7, 11) is -3.31. The molecule has 90 valence electrons. The molecule has 0 aliphatic carbocycles. The molecule has 0 bridgehead atoms. The second-order valence-electron chi connectivity index (χ2n) is 3.48. The summed E-state index contributed by atoms with van der Waals surface area (Å²) in [5.74, 6) is 0. The lowest BCUT2D eigenvalue weighted by Crippen LogP contribution is -2.25. The Morgan fingerprint density at radius 3 is 2.38 bits per heavy atom. The van der Waals surface area contributed by atoms with Crippen molar-refractivity contribution >= 4 is 32.6 Å². The third kappa shape index (κ3) is 4.03. The molecule has 0 aliphatic rings. The molecule has 0 saturated heterocycles. The quantitative estimate of drug-likeness (QED) is 0.630. The maximum absolute atomic E-state index is 11.7. The number of hydrogen-bond acceptors (Lipinski definition) is 2. The summed E-state index contributed by atoms with van der Waals surface area (Å²) in [6.45, 7) is 2.58. The van der Waals surface area contributed by atoms with E-state index < -0.39 is 10.0 Å². The summed E-state index contributed by atoms with van der Waals surface area (Å²) >= 11 is 2.14. The van der Waals surface area contributed by atoms with Crippen molar-refractivity contribution in [1.82, 2.24) is 4.72 Å². The molecule has 0 atom stereocenters. The van der Waals surface area contributed by atoms with Crippen LogP contribution in [0.4, 0.5) is 0 Å². The van der Waals surface area contributed by atoms with Crippen molar-refractivity contribution < 1.29 is 8.42 Å². The van der Waals surface area contributed by atoms with Crippen LogP contribution in [0.2, 0.25) is 0 Å². The van der Waals surface area contributed by atoms with E-state index in [2.05, 4.69) is 34.2 Å². The molecule has 1 aromatic rings. The number of benzene rings is 1. The normalized spacial score (nSPS) is 11.6. The first-order valence-electron chi connectivity index (χ1n) is 5.24. The minimum absolute atomic E-state index is 0.345. The van der Waals surface area contributed by atoms with Crippen LogP contribution in [0.25, 0.3) is 0 Å². The zero-order chi connectivity index (χ0) is 12.0. The van der Waals surface area contributed by atoms with Gasteiger partial charge in [-0.15, -0.1) is 0 Å². The summed E-state index contributed by atoms with van der Waals surface area (Å²) in [6, 6.07) is 7.09. The zero-order valence-electron chi connectivity index (χ0n) is 9.24. The van der Waals surface area contributed by atoms with Crippen molar-refractivity contribution in [2.24, 2.45) is 0 Å². The van der Waals surface area contributed by atoms with Gasteiger partial charge in [-0.1, -0.05) is 48.1 Å². The van der Waals surface area contributed by atoms with Gasteiger partial charge in [-0.25, -0.2) is 13.1 Å². The number of alkyl halides is 1. The third-order valence-corrected chi connectivity index (χ3v) is 4.18. The summed E-state index contributed by atoms with van der Waals surface area (Å²) in [6.07, 6.45) is 2.06. The van der Waals surface area contributed by atoms with Crippen molar-refractivity contribution in [2.75, 3.05) is 11.0 Å². The number of hydrogen-bond donors (Lipinski definition) is 1. The fourth-order valence-electron chi connectivity index (χ4n) is 1.38. The van der Waals surface area contributed by atoms with Crippen LogP contribution in [0.1, 0.15) is 18.9 Å². The lowest BCUT2D eigenvalue weighted by atomic mass is 10.1. The fourth-order valence-corrected chi connectivity index (χ4v) is 3.05. The molecule has 1 aromatic carbocycles. The Morgan fingerprint density at radius 2 is 1.88 bits per heavy atom. The molecular formula is C11H16INO2S. The van der Waals surface area contributed by atoms with E-state index in [1.54, 1.807) is 12.1 Å². The lowest BCUT2D eigenvalue weighted by Gasteiger charge is -2.06. The van der Waals surface area contributed by atoms with Gasteiger partial charge in [-0.3, -0.25) is 0 Å². The highest BCUT2D eigenvalue weighted by Gasteiger charge is 2.12. The Kier molecular flexibility index (Phi) is 5.71. The number of rotatable bonds is 6. The van der Waals surface area contributed by atoms with E-state index >= 15 is 0 Å². The van der Waals surface area contributed by atoms with Gasteiger partial charge in [0.25, 0.3) is 0 Å². The third-order valence-electron chi connectivity index (χ3n) is 2.16. The maximum atomic E-state index is 11.7. The Bertz CT molecular complexity index is 414. The molecule has 5 heteroatoms. The Morgan fingerprint density at radius 1 is 1.25 bits per heavy atom. The molecule has 1 rings (SSSR count). The van der Waals surface area contributed by atoms with Crippen LogP contribution in [0.5, 0.6) is 0 Å². The second kappa shape index (κ2) is 6.56. The van der Waals surface area contributed by atoms with Crippen molar-refractivity contribution in [2.45, 2.75) is 24.7 Å². The first-order chi connectivity index (χ1) is 7.60. The van der Waals surface area contributed by atoms with Crippen molar-refractivity contribution in [1.29, 1.82) is 0 Å². The Balaban J connectivity index is 2.80. The molecule has 0 radical (unpaired) electrons. The molecule has 0 heterocycles. The van der Waals surface area contributed by atoms with Crippen LogP contribution < -0.4 is 4.72 Å². The lowest BCUT2D eigenvalue weighted by molar-refractivity contribution is 0.584. The summed E-state index contributed by atoms with van der Waals surface area (Å²) in [4.78, 5) is 0.345. The monoisotopic (exact) mass is 353 g/mol. The van der Waals surface area contributed by atoms with E-state index in [-0.39, 0.29) is 0 Å². The van der Waals surface area contributed by atoms with Gasteiger partial charge < -0.3 is 0 Å². The van der Waals surface area contributed by atoms with E-state index in [0.29, 0.717) is 11.4 Å². The van der Waals surface area contributed by atoms with Crippen molar-refractivity contribution in [3.8, 4) is 0 Å². The van der Waals surface area contributed by atoms with E-state index in [9.17, 15) is 8.42 Å². The van der Waals surface area contributed by atoms with Crippen LogP contribution in [-0.2, 0) is 16.4 Å². The predicted octanol–water partition coefficient (Wildman–Crippen LogP) is 2.35. The van der Waals surface area contributed by atoms with Gasteiger partial charge in [-0.05, 0) is 24.1 Å². The molecule has 3 nitrogen and oxygen atoms in total. The number of aryl methyl sites for hydroxylation is 1. The molecule has 0 aromatic heterocycles. The van der Waals surface area contributed by atoms with E-state index in [0.717, 1.165) is 17.3 Å². The highest BCUT2D eigenvalue weighted by molar-refractivity contribution is 14.1. The molecule has 0 aliphatic heterocycles. The molecule has 0 spiro atoms. The molecule has 0 unspecified atom stereocenters. The van der Waals surface area contributed by atoms with Gasteiger partial charge in [-0.2, -0.15) is 0 Å². The number of halogens is 1. The molecule has 16 heavy (non-hydrogen) atoms. The smallest absolute Gasteiger partial charge is 0.210 e. The molecule has 1 N–H and O–H groups in total. The van der Waals surface area contributed by atoms with Gasteiger partial charge >= 0.3 is 0 Å². The topological polar surface area (TPSA) is 46.2 Å². The SMILES string of the molecule is CCCc1ccc(S(=O)(=O)NCCI)cc1. The summed E-state index contributed by atoms with van der Waals surface area (Å²) in [5.41, 5.74) is 1.18. The number of sulfonamides is 1. The maximum Gasteiger partial charge on any atom is 0.240 e. The predicted molar refractivity (Wildman–Crippen MR) is 74.5 cm³/mol. The number of nitrogens with one attached hydrogen (secondary N) is 1. The Hall–Kier alpha value is -0.140. The largest absolute Gasteiger partial charge is 0.240 e. The molecular weight excluding hydrogens is 337 g/mol. The second-order valence-corrected chi connectivity index (χ2v) is 6.33. The average molecular weight is 353 g/mol. The first kappa shape index (κ1) is 13.9. The molecule has 0 amide bonds. The van der Waals surface area contributed by atoms with E-state index in [1.165, 1.54) is 5.56 Å². The van der Waals surface area contributed by atoms with Gasteiger partial charge in [0, 0.05) is 11.0 Å². The fraction of sp³-hybridized carbons (Fsp3) is 0.455. The van der Waals surface area contributed by atoms with E-state index in [1.807, 2.05) is 12.1 Å². The van der Waals surface area contributed by atoms with E-state index in [4.69, 9.17) is 0 Å². The van der Waals surface area contributed by atoms with Crippen LogP contribution in [-0.4, -0.2) is 19.4 Å². The van der Waals surface area contributed by atoms with Gasteiger partial charge in [0.1, 0.15) is 0 Å². The van der Waals surface area contributed by atoms with Crippen molar-refractivity contribution in [3.05, 3.63) is 29.8 Å². The molecule has 0 saturated carbocycles. The van der Waals surface area contributed by atoms with Crippen LogP contribution >= 0.6 is 22.6 Å². The van der Waals surface area contributed by atoms with Crippen LogP contribution in [0.15, 0.2) is 29.2 Å². The zero-order valence-corrected chi connectivity index (χ0v) is 12.2. The van der Waals surface area contributed by atoms with Gasteiger partial charge in [0.05, 0.1) is 4.90 Å².